The first kappa shape index (κ1) is 33.0. The number of amides is 1. The summed E-state index contributed by atoms with van der Waals surface area (Å²) in [6.07, 6.45) is 1.58. The third kappa shape index (κ3) is 8.62. The third-order valence-corrected chi connectivity index (χ3v) is 7.37. The molecule has 2 aromatic carbocycles. The molecule has 3 nitrogen and oxygen atoms in total. The van der Waals surface area contributed by atoms with Gasteiger partial charge in [-0.3, -0.25) is 0 Å². The van der Waals surface area contributed by atoms with Crippen LogP contribution in [0.4, 0.5) is 0 Å². The van der Waals surface area contributed by atoms with Crippen molar-refractivity contribution in [3.05, 3.63) is 78.2 Å². The minimum atomic E-state index is -1.84. The number of hydrogen-bond acceptors (Lipinski definition) is 1. The first-order valence-corrected chi connectivity index (χ1v) is 18.9. The predicted octanol–water partition coefficient (Wildman–Crippen LogP) is 7.42. The van der Waals surface area contributed by atoms with Crippen molar-refractivity contribution in [3.8, 4) is 0 Å². The van der Waals surface area contributed by atoms with Gasteiger partial charge in [0.1, 0.15) is 0 Å². The Bertz CT molecular complexity index is 989. The molecule has 1 aliphatic rings. The molecule has 1 fully saturated rings. The second-order valence-electron chi connectivity index (χ2n) is 5.69. The van der Waals surface area contributed by atoms with Gasteiger partial charge in [0.05, 0.1) is 0 Å². The van der Waals surface area contributed by atoms with Gasteiger partial charge in [-0.1, -0.05) is 0 Å². The Morgan fingerprint density at radius 1 is 0.742 bits per heavy atom. The fourth-order valence-electron chi connectivity index (χ4n) is 2.97. The number of carbonyl (C=O) groups excluding carboxylic acids is 1. The normalized spacial score (nSPS) is 12.9. The van der Waals surface area contributed by atoms with Crippen LogP contribution in [0.15, 0.2) is 48.5 Å². The summed E-state index contributed by atoms with van der Waals surface area (Å²) < 4.78 is 5.75. The van der Waals surface area contributed by atoms with Crippen LogP contribution in [-0.4, -0.2) is 31.4 Å². The predicted molar refractivity (Wildman–Crippen MR) is 137 cm³/mol. The molecule has 3 aromatic rings. The maximum atomic E-state index is 10.9. The second-order valence-corrected chi connectivity index (χ2v) is 17.0. The van der Waals surface area contributed by atoms with Gasteiger partial charge in [0, 0.05) is 0 Å². The molecule has 1 amide bonds. The summed E-state index contributed by atoms with van der Waals surface area (Å²) in [5.41, 5.74) is 2.32. The van der Waals surface area contributed by atoms with E-state index in [0.717, 1.165) is 24.0 Å². The van der Waals surface area contributed by atoms with Crippen molar-refractivity contribution in [2.45, 2.75) is 12.8 Å². The number of para-hydroxylation sites is 2. The molecule has 0 spiro atoms. The average molecular weight is 680 g/mol. The molecular formula is C22H28Cl4N2ORu2-4. The van der Waals surface area contributed by atoms with Gasteiger partial charge in [-0.15, -0.1) is 0 Å². The van der Waals surface area contributed by atoms with Crippen LogP contribution in [0.2, 0.25) is 0 Å². The summed E-state index contributed by atoms with van der Waals surface area (Å²) in [5, 5.41) is 2.48. The number of carbonyl (C=O) groups is 1. The second kappa shape index (κ2) is 15.7. The maximum absolute atomic E-state index is 10.9. The van der Waals surface area contributed by atoms with Crippen LogP contribution in [0.25, 0.3) is 21.8 Å². The molecule has 0 unspecified atom stereocenters. The molecule has 0 radical (unpaired) electrons. The van der Waals surface area contributed by atoms with Gasteiger partial charge in [-0.25, -0.2) is 0 Å². The summed E-state index contributed by atoms with van der Waals surface area (Å²) in [6, 6.07) is 16.6. The summed E-state index contributed by atoms with van der Waals surface area (Å²) in [4.78, 5) is 12.5. The van der Waals surface area contributed by atoms with Crippen molar-refractivity contribution < 1.29 is 31.8 Å². The zero-order chi connectivity index (χ0) is 19.4. The van der Waals surface area contributed by atoms with E-state index in [2.05, 4.69) is 41.0 Å². The number of halogens is 4. The number of benzene rings is 2. The van der Waals surface area contributed by atoms with Gasteiger partial charge >= 0.3 is 185 Å². The Morgan fingerprint density at radius 3 is 1.58 bits per heavy atom. The van der Waals surface area contributed by atoms with Gasteiger partial charge in [0.2, 0.25) is 0 Å². The molecule has 1 aliphatic heterocycles. The van der Waals surface area contributed by atoms with E-state index in [1.807, 2.05) is 16.9 Å². The zero-order valence-corrected chi connectivity index (χ0v) is 24.4. The molecule has 4 rings (SSSR count). The van der Waals surface area contributed by atoms with Crippen molar-refractivity contribution in [1.82, 2.24) is 9.47 Å². The van der Waals surface area contributed by atoms with Gasteiger partial charge in [-0.2, -0.15) is 0 Å². The Morgan fingerprint density at radius 2 is 1.19 bits per heavy atom. The Kier molecular flexibility index (Phi) is 16.7. The van der Waals surface area contributed by atoms with E-state index in [1.54, 1.807) is 9.63 Å². The van der Waals surface area contributed by atoms with Gasteiger partial charge in [0.15, 0.2) is 0 Å². The number of fused-ring (bicyclic) bond motifs is 3. The Balaban J connectivity index is 0. The van der Waals surface area contributed by atoms with Crippen LogP contribution < -0.4 is 0 Å². The van der Waals surface area contributed by atoms with Crippen LogP contribution >= 0.6 is 38.8 Å². The van der Waals surface area contributed by atoms with E-state index in [0.29, 0.717) is 6.42 Å². The molecule has 1 saturated heterocycles. The van der Waals surface area contributed by atoms with Gasteiger partial charge in [0.25, 0.3) is 0 Å². The summed E-state index contributed by atoms with van der Waals surface area (Å²) >= 11 is -3.61. The fourth-order valence-corrected chi connectivity index (χ4v) is 6.48. The fraction of sp³-hybridized carbons (Fsp3) is 0.136. The van der Waals surface area contributed by atoms with Gasteiger partial charge in [-0.05, 0) is 0 Å². The van der Waals surface area contributed by atoms with E-state index >= 15 is 0 Å². The van der Waals surface area contributed by atoms with Crippen molar-refractivity contribution in [2.75, 3.05) is 6.54 Å². The molecular weight excluding hydrogens is 652 g/mol. The first-order chi connectivity index (χ1) is 13.0. The molecule has 0 saturated carbocycles. The Hall–Kier alpha value is -0.143. The van der Waals surface area contributed by atoms with E-state index in [4.69, 9.17) is 38.8 Å². The van der Waals surface area contributed by atoms with E-state index < -0.39 is 27.0 Å². The molecule has 2 heterocycles. The number of rotatable bonds is 2. The molecule has 180 valence electrons. The van der Waals surface area contributed by atoms with Crippen LogP contribution in [0, 0.1) is 29.7 Å². The van der Waals surface area contributed by atoms with Crippen molar-refractivity contribution in [1.29, 1.82) is 0 Å². The topological polar surface area (TPSA) is 25.2 Å². The number of aromatic nitrogens is 1. The van der Waals surface area contributed by atoms with Gasteiger partial charge < -0.3 is 29.7 Å². The third-order valence-electron chi connectivity index (χ3n) is 4.07. The first-order valence-electron chi connectivity index (χ1n) is 7.91. The minimum absolute atomic E-state index is 0. The standard InChI is InChI=1S/C13H9N.C5H7NO.4CH3.4ClH.2Ru/c1-14-12-8-4-2-6-10(12)11-7-3-5-9-13(11)14;1-6-4-2-3-5(6)7;;;;;;;;;;/h1-9H;1H,2-4H2;4*1H3;4*1H;;/q;;4*-1;;;;;2*+2/p-4. The number of likely N-dealkylation sites (tertiary alicyclic amines) is 1. The van der Waals surface area contributed by atoms with E-state index in [1.165, 1.54) is 10.8 Å². The quantitative estimate of drug-likeness (QED) is 0.204. The zero-order valence-electron chi connectivity index (χ0n) is 17.9. The molecule has 0 bridgehead atoms. The van der Waals surface area contributed by atoms with Crippen LogP contribution in [0.5, 0.6) is 0 Å². The van der Waals surface area contributed by atoms with Crippen LogP contribution in [-0.2, 0) is 31.8 Å². The average Bonchev–Trinajstić information content (AvgIpc) is 3.17. The van der Waals surface area contributed by atoms with Crippen molar-refractivity contribution in [2.24, 2.45) is 0 Å². The van der Waals surface area contributed by atoms with Crippen LogP contribution in [0.3, 0.4) is 0 Å². The van der Waals surface area contributed by atoms with Crippen LogP contribution in [0.1, 0.15) is 12.8 Å². The monoisotopic (exact) mass is 680 g/mol. The molecule has 0 N–H and O–H groups in total. The Labute approximate surface area is 213 Å². The van der Waals surface area contributed by atoms with Crippen molar-refractivity contribution in [3.63, 3.8) is 0 Å². The number of hydrogen-bond donors (Lipinski definition) is 0. The molecule has 9 heteroatoms. The summed E-state index contributed by atoms with van der Waals surface area (Å²) in [7, 11) is 23.2. The molecule has 0 aliphatic carbocycles. The molecule has 31 heavy (non-hydrogen) atoms. The summed E-state index contributed by atoms with van der Waals surface area (Å²) in [5.74, 6) is 0.153. The SMILES string of the molecule is O=C1CCCN1[CH]=[Ru]([Cl])[Cl].[CH3-].[CH3-].[CH3-].[CH3-].[Cl][Ru]([Cl])=[CH]n1c2ccccc2c2ccccc21. The van der Waals surface area contributed by atoms with E-state index in [-0.39, 0.29) is 35.6 Å². The molecule has 0 atom stereocenters. The van der Waals surface area contributed by atoms with Crippen molar-refractivity contribution >= 4 is 75.9 Å². The summed E-state index contributed by atoms with van der Waals surface area (Å²) in [6.45, 7) is 0.795. The van der Waals surface area contributed by atoms with E-state index in [9.17, 15) is 4.79 Å². The number of nitrogens with zero attached hydrogens (tertiary/aromatic N) is 2. The molecule has 1 aromatic heterocycles.